The third-order valence-electron chi connectivity index (χ3n) is 2.82. The van der Waals surface area contributed by atoms with E-state index in [0.717, 1.165) is 0 Å². The van der Waals surface area contributed by atoms with E-state index in [-0.39, 0.29) is 23.1 Å². The number of hydrogen-bond acceptors (Lipinski definition) is 4. The predicted molar refractivity (Wildman–Crippen MR) is 64.3 cm³/mol. The highest BCUT2D eigenvalue weighted by Crippen LogP contribution is 2.25. The van der Waals surface area contributed by atoms with Gasteiger partial charge in [0.05, 0.1) is 6.61 Å². The fourth-order valence-electron chi connectivity index (χ4n) is 1.82. The van der Waals surface area contributed by atoms with Crippen LogP contribution in [0.15, 0.2) is 6.07 Å². The summed E-state index contributed by atoms with van der Waals surface area (Å²) in [5, 5.41) is 16.6. The number of rotatable bonds is 2. The number of aliphatic hydroxyl groups is 1. The largest absolute Gasteiger partial charge is 0.392 e. The van der Waals surface area contributed by atoms with Crippen LogP contribution in [0.4, 0.5) is 10.2 Å². The molecule has 0 spiro atoms. The second-order valence-electron chi connectivity index (χ2n) is 3.99. The molecule has 0 unspecified atom stereocenters. The van der Waals surface area contributed by atoms with Gasteiger partial charge < -0.3 is 15.4 Å². The minimum Gasteiger partial charge on any atom is -0.392 e. The maximum Gasteiger partial charge on any atom is 0.166 e. The third kappa shape index (κ3) is 2.56. The van der Waals surface area contributed by atoms with Crippen LogP contribution in [0.3, 0.4) is 0 Å². The Morgan fingerprint density at radius 1 is 1.47 bits per heavy atom. The van der Waals surface area contributed by atoms with Crippen LogP contribution in [0, 0.1) is 11.2 Å². The van der Waals surface area contributed by atoms with Crippen molar-refractivity contribution in [1.29, 1.82) is 5.41 Å². The van der Waals surface area contributed by atoms with Gasteiger partial charge in [-0.3, -0.25) is 0 Å². The molecule has 2 heterocycles. The molecule has 0 radical (unpaired) electrons. The number of anilines is 1. The van der Waals surface area contributed by atoms with Crippen molar-refractivity contribution in [2.45, 2.75) is 19.4 Å². The van der Waals surface area contributed by atoms with Crippen molar-refractivity contribution in [2.75, 3.05) is 18.0 Å². The van der Waals surface area contributed by atoms with E-state index >= 15 is 0 Å². The zero-order chi connectivity index (χ0) is 12.4. The summed E-state index contributed by atoms with van der Waals surface area (Å²) in [5.41, 5.74) is 0.970. The number of hydrogen-bond donors (Lipinski definition) is 2. The molecule has 0 atom stereocenters. The highest BCUT2D eigenvalue weighted by Gasteiger charge is 2.20. The first-order valence-corrected chi connectivity index (χ1v) is 5.76. The predicted octanol–water partition coefficient (Wildman–Crippen LogP) is 1.99. The van der Waals surface area contributed by atoms with Crippen molar-refractivity contribution in [3.05, 3.63) is 22.6 Å². The van der Waals surface area contributed by atoms with Crippen LogP contribution in [0.1, 0.15) is 18.4 Å². The molecule has 92 valence electrons. The van der Waals surface area contributed by atoms with Gasteiger partial charge in [0.25, 0.3) is 0 Å². The third-order valence-corrected chi connectivity index (χ3v) is 3.15. The van der Waals surface area contributed by atoms with Crippen molar-refractivity contribution in [2.24, 2.45) is 0 Å². The fourth-order valence-corrected chi connectivity index (χ4v) is 2.01. The molecule has 1 aliphatic heterocycles. The molecule has 1 saturated heterocycles. The number of pyridine rings is 1. The summed E-state index contributed by atoms with van der Waals surface area (Å²) in [6, 6.07) is 1.21. The Morgan fingerprint density at radius 2 is 2.12 bits per heavy atom. The van der Waals surface area contributed by atoms with Crippen LogP contribution in [-0.2, 0) is 6.61 Å². The first-order chi connectivity index (χ1) is 8.11. The van der Waals surface area contributed by atoms with E-state index in [2.05, 4.69) is 4.98 Å². The first-order valence-electron chi connectivity index (χ1n) is 5.39. The molecule has 1 aromatic rings. The first kappa shape index (κ1) is 12.3. The van der Waals surface area contributed by atoms with Crippen LogP contribution in [0.2, 0.25) is 5.15 Å². The molecule has 0 aromatic carbocycles. The highest BCUT2D eigenvalue weighted by atomic mass is 35.5. The monoisotopic (exact) mass is 257 g/mol. The molecule has 0 saturated carbocycles. The molecular weight excluding hydrogens is 245 g/mol. The molecule has 0 amide bonds. The number of piperidine rings is 1. The number of halogens is 2. The van der Waals surface area contributed by atoms with Gasteiger partial charge in [0, 0.05) is 37.2 Å². The van der Waals surface area contributed by atoms with E-state index in [0.29, 0.717) is 31.6 Å². The summed E-state index contributed by atoms with van der Waals surface area (Å²) in [4.78, 5) is 5.76. The van der Waals surface area contributed by atoms with Crippen molar-refractivity contribution < 1.29 is 9.50 Å². The van der Waals surface area contributed by atoms with Gasteiger partial charge >= 0.3 is 0 Å². The molecule has 0 aliphatic carbocycles. The smallest absolute Gasteiger partial charge is 0.166 e. The van der Waals surface area contributed by atoms with E-state index in [9.17, 15) is 4.39 Å². The Bertz CT molecular complexity index is 443. The maximum absolute atomic E-state index is 13.8. The van der Waals surface area contributed by atoms with Gasteiger partial charge in [0.2, 0.25) is 0 Å². The quantitative estimate of drug-likeness (QED) is 0.797. The van der Waals surface area contributed by atoms with Gasteiger partial charge in [-0.1, -0.05) is 11.6 Å². The summed E-state index contributed by atoms with van der Waals surface area (Å²) < 4.78 is 13.8. The van der Waals surface area contributed by atoms with Crippen molar-refractivity contribution >= 4 is 23.1 Å². The summed E-state index contributed by atoms with van der Waals surface area (Å²) >= 11 is 5.84. The highest BCUT2D eigenvalue weighted by molar-refractivity contribution is 6.30. The minimum absolute atomic E-state index is 0.129. The second kappa shape index (κ2) is 4.98. The zero-order valence-corrected chi connectivity index (χ0v) is 9.97. The Balaban J connectivity index is 2.26. The molecule has 17 heavy (non-hydrogen) atoms. The number of nitrogens with one attached hydrogen (secondary N) is 1. The lowest BCUT2D eigenvalue weighted by atomic mass is 10.1. The normalized spacial score (nSPS) is 16.4. The summed E-state index contributed by atoms with van der Waals surface area (Å²) in [7, 11) is 0. The maximum atomic E-state index is 13.8. The van der Waals surface area contributed by atoms with E-state index in [1.54, 1.807) is 4.90 Å². The molecule has 2 rings (SSSR count). The number of aromatic nitrogens is 1. The topological polar surface area (TPSA) is 60.2 Å². The van der Waals surface area contributed by atoms with Crippen molar-refractivity contribution in [3.63, 3.8) is 0 Å². The van der Waals surface area contributed by atoms with Gasteiger partial charge in [0.15, 0.2) is 11.6 Å². The van der Waals surface area contributed by atoms with Gasteiger partial charge in [0.1, 0.15) is 5.15 Å². The summed E-state index contributed by atoms with van der Waals surface area (Å²) in [6.07, 6.45) is 1.25. The Labute approximate surface area is 104 Å². The van der Waals surface area contributed by atoms with E-state index < -0.39 is 5.82 Å². The number of nitrogens with zero attached hydrogens (tertiary/aromatic N) is 2. The zero-order valence-electron chi connectivity index (χ0n) is 9.21. The average Bonchev–Trinajstić information content (AvgIpc) is 2.33. The summed E-state index contributed by atoms with van der Waals surface area (Å²) in [6.45, 7) is 0.836. The Hall–Kier alpha value is -1.20. The molecule has 1 fully saturated rings. The number of aliphatic hydroxyl groups excluding tert-OH is 1. The van der Waals surface area contributed by atoms with Crippen LogP contribution < -0.4 is 4.90 Å². The molecule has 4 nitrogen and oxygen atoms in total. The molecule has 2 N–H and O–H groups in total. The standard InChI is InChI=1S/C11H13ClFN3O/c12-10-7(6-17)5-9(13)11(15-10)16-3-1-8(14)2-4-16/h5,14,17H,1-4,6H2. The SMILES string of the molecule is N=C1CCN(c2nc(Cl)c(CO)cc2F)CC1. The van der Waals surface area contributed by atoms with Crippen LogP contribution in [-0.4, -0.2) is 28.9 Å². The molecule has 1 aliphatic rings. The van der Waals surface area contributed by atoms with Gasteiger partial charge in [-0.05, 0) is 6.07 Å². The Kier molecular flexibility index (Phi) is 3.59. The average molecular weight is 258 g/mol. The minimum atomic E-state index is -0.480. The molecule has 1 aromatic heterocycles. The lowest BCUT2D eigenvalue weighted by Crippen LogP contribution is -2.34. The van der Waals surface area contributed by atoms with E-state index in [1.165, 1.54) is 6.07 Å². The van der Waals surface area contributed by atoms with Gasteiger partial charge in [-0.25, -0.2) is 9.37 Å². The van der Waals surface area contributed by atoms with E-state index in [4.69, 9.17) is 22.1 Å². The molecule has 0 bridgehead atoms. The molecular formula is C11H13ClFN3O. The van der Waals surface area contributed by atoms with Crippen LogP contribution in [0.5, 0.6) is 0 Å². The van der Waals surface area contributed by atoms with E-state index in [1.807, 2.05) is 0 Å². The van der Waals surface area contributed by atoms with Crippen molar-refractivity contribution in [1.82, 2.24) is 4.98 Å². The second-order valence-corrected chi connectivity index (χ2v) is 4.35. The Morgan fingerprint density at radius 3 is 2.71 bits per heavy atom. The van der Waals surface area contributed by atoms with Gasteiger partial charge in [-0.2, -0.15) is 0 Å². The molecule has 6 heteroatoms. The van der Waals surface area contributed by atoms with Crippen LogP contribution >= 0.6 is 11.6 Å². The summed E-state index contributed by atoms with van der Waals surface area (Å²) in [5.74, 6) is -0.272. The fraction of sp³-hybridized carbons (Fsp3) is 0.455. The van der Waals surface area contributed by atoms with Crippen LogP contribution in [0.25, 0.3) is 0 Å². The lowest BCUT2D eigenvalue weighted by Gasteiger charge is -2.28. The van der Waals surface area contributed by atoms with Crippen molar-refractivity contribution in [3.8, 4) is 0 Å². The van der Waals surface area contributed by atoms with Gasteiger partial charge in [-0.15, -0.1) is 0 Å². The lowest BCUT2D eigenvalue weighted by molar-refractivity contribution is 0.281.